The quantitative estimate of drug-likeness (QED) is 0.195. The number of benzene rings is 4. The summed E-state index contributed by atoms with van der Waals surface area (Å²) in [6.07, 6.45) is 1.34. The Balaban J connectivity index is 0.000000316. The summed E-state index contributed by atoms with van der Waals surface area (Å²) in [5, 5.41) is 0. The van der Waals surface area contributed by atoms with Crippen LogP contribution in [0, 0.1) is 0 Å². The number of rotatable bonds is 4. The molecular formula is C29H28BF3O4SZr. The van der Waals surface area contributed by atoms with Gasteiger partial charge in [0.2, 0.25) is 0 Å². The second-order valence-electron chi connectivity index (χ2n) is 8.73. The number of halogens is 3. The van der Waals surface area contributed by atoms with Gasteiger partial charge in [0, 0.05) is 13.2 Å². The molecule has 0 spiro atoms. The van der Waals surface area contributed by atoms with Gasteiger partial charge in [0.15, 0.2) is 10.1 Å². The van der Waals surface area contributed by atoms with Gasteiger partial charge in [0.1, 0.15) is 6.15 Å². The largest absolute Gasteiger partial charge is 2.00 e. The zero-order chi connectivity index (χ0) is 27.5. The predicted octanol–water partition coefficient (Wildman–Crippen LogP) is 3.91. The van der Waals surface area contributed by atoms with Gasteiger partial charge in [0.25, 0.3) is 0 Å². The molecular weight excluding hydrogens is 603 g/mol. The molecule has 0 atom stereocenters. The summed E-state index contributed by atoms with van der Waals surface area (Å²) in [7, 11) is -6.09. The molecule has 0 saturated carbocycles. The standard InChI is InChI=1S/C24H20B.C4H8O.CHF3O3S.Zr/c1-5-13-21(14-6-1)25(22-15-7-2-8-16-22,23-17-9-3-10-18-23)24-19-11-4-12-20-24;1-2-4-5-3-1;2-1(3,4)8(5,6)7;/h1-20H;1-4H2;(H,5,6,7);/q-1;;;+2/p-1. The molecule has 4 aromatic rings. The average molecular weight is 632 g/mol. The molecule has 4 aromatic carbocycles. The first kappa shape index (κ1) is 32.7. The third-order valence-electron chi connectivity index (χ3n) is 6.31. The molecule has 0 aliphatic carbocycles. The van der Waals surface area contributed by atoms with Crippen LogP contribution < -0.4 is 21.9 Å². The van der Waals surface area contributed by atoms with Crippen LogP contribution in [0.15, 0.2) is 121 Å². The van der Waals surface area contributed by atoms with Gasteiger partial charge in [-0.3, -0.25) is 0 Å². The maximum atomic E-state index is 10.7. The monoisotopic (exact) mass is 630 g/mol. The molecule has 0 N–H and O–H groups in total. The Bertz CT molecular complexity index is 1170. The summed E-state index contributed by atoms with van der Waals surface area (Å²) in [4.78, 5) is 0. The van der Waals surface area contributed by atoms with Crippen molar-refractivity contribution in [2.75, 3.05) is 13.2 Å². The Labute approximate surface area is 247 Å². The van der Waals surface area contributed by atoms with E-state index >= 15 is 0 Å². The molecule has 1 fully saturated rings. The molecule has 0 unspecified atom stereocenters. The van der Waals surface area contributed by atoms with E-state index in [2.05, 4.69) is 121 Å². The van der Waals surface area contributed by atoms with Gasteiger partial charge in [-0.25, -0.2) is 8.42 Å². The molecule has 1 saturated heterocycles. The number of alkyl halides is 3. The van der Waals surface area contributed by atoms with Crippen LogP contribution >= 0.6 is 0 Å². The van der Waals surface area contributed by atoms with Crippen molar-refractivity contribution in [3.8, 4) is 0 Å². The van der Waals surface area contributed by atoms with Crippen molar-refractivity contribution in [1.82, 2.24) is 0 Å². The second kappa shape index (κ2) is 15.3. The fourth-order valence-electron chi connectivity index (χ4n) is 4.63. The molecule has 0 radical (unpaired) electrons. The minimum Gasteiger partial charge on any atom is -0.741 e. The van der Waals surface area contributed by atoms with Gasteiger partial charge in [0.05, 0.1) is 0 Å². The minimum atomic E-state index is -6.09. The zero-order valence-electron chi connectivity index (χ0n) is 21.1. The van der Waals surface area contributed by atoms with Gasteiger partial charge in [-0.15, -0.1) is 0 Å². The third kappa shape index (κ3) is 8.74. The maximum Gasteiger partial charge on any atom is 2.00 e. The van der Waals surface area contributed by atoms with E-state index < -0.39 is 21.8 Å². The van der Waals surface area contributed by atoms with Crippen molar-refractivity contribution in [1.29, 1.82) is 0 Å². The van der Waals surface area contributed by atoms with Crippen LogP contribution in [0.25, 0.3) is 0 Å². The summed E-state index contributed by atoms with van der Waals surface area (Å²) in [5.74, 6) is 0. The first-order valence-corrected chi connectivity index (χ1v) is 13.6. The molecule has 202 valence electrons. The molecule has 5 rings (SSSR count). The topological polar surface area (TPSA) is 66.4 Å². The molecule has 0 aromatic heterocycles. The van der Waals surface area contributed by atoms with E-state index in [1.807, 2.05) is 0 Å². The molecule has 0 bridgehead atoms. The van der Waals surface area contributed by atoms with Crippen molar-refractivity contribution in [3.05, 3.63) is 121 Å². The molecule has 1 heterocycles. The first-order valence-electron chi connectivity index (χ1n) is 12.1. The fraction of sp³-hybridized carbons (Fsp3) is 0.172. The molecule has 39 heavy (non-hydrogen) atoms. The van der Waals surface area contributed by atoms with Crippen LogP contribution in [0.2, 0.25) is 0 Å². The SMILES string of the molecule is C1CCOC1.O=S(=O)([O-])C(F)(F)F.[Zr+2].c1ccc([B-](c2ccccc2)(c2ccccc2)c2ccccc2)cc1. The van der Waals surface area contributed by atoms with Gasteiger partial charge in [-0.1, -0.05) is 121 Å². The van der Waals surface area contributed by atoms with E-state index in [0.29, 0.717) is 0 Å². The van der Waals surface area contributed by atoms with Crippen molar-refractivity contribution in [3.63, 3.8) is 0 Å². The normalized spacial score (nSPS) is 13.1. The van der Waals surface area contributed by atoms with Gasteiger partial charge in [-0.05, 0) is 12.8 Å². The Morgan fingerprint density at radius 1 is 0.590 bits per heavy atom. The molecule has 1 aliphatic heterocycles. The smallest absolute Gasteiger partial charge is 0.741 e. The average Bonchev–Trinajstić information content (AvgIpc) is 3.52. The summed E-state index contributed by atoms with van der Waals surface area (Å²) < 4.78 is 63.8. The number of ether oxygens (including phenoxy) is 1. The van der Waals surface area contributed by atoms with Crippen LogP contribution in [0.5, 0.6) is 0 Å². The summed E-state index contributed by atoms with van der Waals surface area (Å²) in [6.45, 7) is 2.00. The van der Waals surface area contributed by atoms with Crippen LogP contribution in [-0.2, 0) is 41.1 Å². The Morgan fingerprint density at radius 3 is 0.974 bits per heavy atom. The maximum absolute atomic E-state index is 10.7. The fourth-order valence-corrected chi connectivity index (χ4v) is 4.63. The van der Waals surface area contributed by atoms with Crippen LogP contribution in [0.3, 0.4) is 0 Å². The Morgan fingerprint density at radius 2 is 0.821 bits per heavy atom. The number of hydrogen-bond donors (Lipinski definition) is 0. The summed E-state index contributed by atoms with van der Waals surface area (Å²) in [6, 6.07) is 43.5. The van der Waals surface area contributed by atoms with Crippen molar-refractivity contribution in [2.45, 2.75) is 18.3 Å². The molecule has 1 aliphatic rings. The van der Waals surface area contributed by atoms with Crippen LogP contribution in [0.4, 0.5) is 13.2 Å². The van der Waals surface area contributed by atoms with E-state index in [0.717, 1.165) is 13.2 Å². The second-order valence-corrected chi connectivity index (χ2v) is 10.1. The Hall–Kier alpha value is -2.51. The van der Waals surface area contributed by atoms with E-state index in [4.69, 9.17) is 17.7 Å². The van der Waals surface area contributed by atoms with E-state index in [1.54, 1.807) is 0 Å². The third-order valence-corrected chi connectivity index (χ3v) is 6.88. The van der Waals surface area contributed by atoms with Crippen LogP contribution in [-0.4, -0.2) is 37.8 Å². The summed E-state index contributed by atoms with van der Waals surface area (Å²) in [5.41, 5.74) is -0.290. The van der Waals surface area contributed by atoms with Gasteiger partial charge < -0.3 is 9.29 Å². The van der Waals surface area contributed by atoms with E-state index in [9.17, 15) is 13.2 Å². The van der Waals surface area contributed by atoms with Crippen molar-refractivity contribution in [2.24, 2.45) is 0 Å². The zero-order valence-corrected chi connectivity index (χ0v) is 24.4. The summed E-state index contributed by atoms with van der Waals surface area (Å²) >= 11 is 0. The van der Waals surface area contributed by atoms with E-state index in [1.165, 1.54) is 34.7 Å². The van der Waals surface area contributed by atoms with Crippen LogP contribution in [0.1, 0.15) is 12.8 Å². The van der Waals surface area contributed by atoms with Crippen molar-refractivity contribution >= 4 is 38.1 Å². The minimum absolute atomic E-state index is 0. The molecule has 4 nitrogen and oxygen atoms in total. The van der Waals surface area contributed by atoms with E-state index in [-0.39, 0.29) is 26.2 Å². The van der Waals surface area contributed by atoms with Crippen molar-refractivity contribution < 1.29 is 57.1 Å². The predicted molar refractivity (Wildman–Crippen MR) is 146 cm³/mol. The molecule has 10 heteroatoms. The first-order chi connectivity index (χ1) is 18.2. The Kier molecular flexibility index (Phi) is 12.8. The number of hydrogen-bond acceptors (Lipinski definition) is 4. The molecule has 0 amide bonds. The van der Waals surface area contributed by atoms with Gasteiger partial charge >= 0.3 is 31.7 Å². The van der Waals surface area contributed by atoms with Gasteiger partial charge in [-0.2, -0.15) is 35.0 Å².